The summed E-state index contributed by atoms with van der Waals surface area (Å²) in [4.78, 5) is 17.1. The Kier molecular flexibility index (Phi) is 7.98. The highest BCUT2D eigenvalue weighted by Gasteiger charge is 2.32. The number of ether oxygens (including phenoxy) is 1. The second-order valence-corrected chi connectivity index (χ2v) is 10.2. The zero-order chi connectivity index (χ0) is 22.0. The largest absolute Gasteiger partial charge is 0.481 e. The summed E-state index contributed by atoms with van der Waals surface area (Å²) in [6.45, 7) is 8.25. The van der Waals surface area contributed by atoms with Gasteiger partial charge in [-0.25, -0.2) is 4.39 Å². The maximum absolute atomic E-state index is 13.2. The molecule has 0 unspecified atom stereocenters. The van der Waals surface area contributed by atoms with E-state index in [1.807, 2.05) is 30.0 Å². The number of amides is 1. The third-order valence-corrected chi connectivity index (χ3v) is 7.80. The first-order chi connectivity index (χ1) is 14.2. The van der Waals surface area contributed by atoms with Gasteiger partial charge in [0.05, 0.1) is 8.95 Å². The fraction of sp³-hybridized carbons (Fsp3) is 0.409. The summed E-state index contributed by atoms with van der Waals surface area (Å²) >= 11 is 10.6. The molecule has 1 aliphatic rings. The van der Waals surface area contributed by atoms with E-state index >= 15 is 0 Å². The van der Waals surface area contributed by atoms with Crippen molar-refractivity contribution in [3.63, 3.8) is 0 Å². The minimum Gasteiger partial charge on any atom is -0.481 e. The van der Waals surface area contributed by atoms with E-state index in [9.17, 15) is 9.18 Å². The van der Waals surface area contributed by atoms with Crippen molar-refractivity contribution in [3.8, 4) is 5.75 Å². The third kappa shape index (κ3) is 5.44. The first-order valence-corrected chi connectivity index (χ1v) is 12.1. The molecule has 1 amide bonds. The predicted molar refractivity (Wildman–Crippen MR) is 127 cm³/mol. The molecule has 0 radical (unpaired) electrons. The maximum Gasteiger partial charge on any atom is 0.260 e. The minimum atomic E-state index is -0.227. The maximum atomic E-state index is 13.2. The van der Waals surface area contributed by atoms with Gasteiger partial charge in [0.2, 0.25) is 0 Å². The van der Waals surface area contributed by atoms with Gasteiger partial charge in [-0.3, -0.25) is 9.69 Å². The van der Waals surface area contributed by atoms with Crippen LogP contribution in [-0.2, 0) is 11.3 Å². The number of piperazine rings is 1. The van der Waals surface area contributed by atoms with E-state index in [0.29, 0.717) is 12.3 Å². The van der Waals surface area contributed by atoms with Crippen molar-refractivity contribution < 1.29 is 13.9 Å². The summed E-state index contributed by atoms with van der Waals surface area (Å²) < 4.78 is 21.6. The summed E-state index contributed by atoms with van der Waals surface area (Å²) in [7, 11) is 0. The molecule has 0 saturated carbocycles. The number of benzene rings is 2. The topological polar surface area (TPSA) is 32.8 Å². The van der Waals surface area contributed by atoms with Gasteiger partial charge in [-0.1, -0.05) is 28.1 Å². The van der Waals surface area contributed by atoms with E-state index in [-0.39, 0.29) is 30.4 Å². The second-order valence-electron chi connectivity index (χ2n) is 7.70. The molecule has 30 heavy (non-hydrogen) atoms. The highest BCUT2D eigenvalue weighted by molar-refractivity contribution is 9.11. The van der Waals surface area contributed by atoms with Crippen LogP contribution in [0, 0.1) is 12.7 Å². The standard InChI is InChI=1S/C22H24Br3FN2O2/c1-13-10-28(14(2)9-27(13)11-16-4-6-17(26)7-5-16)20(29)12-30-22-19(24)8-18(23)15(3)21(22)25/h4-8,13-14H,9-12H2,1-3H3/t13-,14+/m1/s1. The van der Waals surface area contributed by atoms with Gasteiger partial charge in [-0.05, 0) is 82.0 Å². The predicted octanol–water partition coefficient (Wildman–Crippen LogP) is 5.92. The van der Waals surface area contributed by atoms with Crippen LogP contribution in [0.3, 0.4) is 0 Å². The van der Waals surface area contributed by atoms with Crippen LogP contribution in [0.1, 0.15) is 25.0 Å². The number of nitrogens with zero attached hydrogens (tertiary/aromatic N) is 2. The first-order valence-electron chi connectivity index (χ1n) is 9.72. The van der Waals surface area contributed by atoms with Gasteiger partial charge in [-0.2, -0.15) is 0 Å². The van der Waals surface area contributed by atoms with Gasteiger partial charge < -0.3 is 9.64 Å². The zero-order valence-corrected chi connectivity index (χ0v) is 21.9. The van der Waals surface area contributed by atoms with Crippen molar-refractivity contribution in [1.82, 2.24) is 9.80 Å². The lowest BCUT2D eigenvalue weighted by molar-refractivity contribution is -0.139. The van der Waals surface area contributed by atoms with Crippen LogP contribution < -0.4 is 4.74 Å². The molecule has 8 heteroatoms. The summed E-state index contributed by atoms with van der Waals surface area (Å²) in [5, 5.41) is 0. The molecule has 1 aliphatic heterocycles. The Morgan fingerprint density at radius 3 is 2.43 bits per heavy atom. The van der Waals surface area contributed by atoms with Crippen LogP contribution in [0.5, 0.6) is 5.75 Å². The molecule has 2 atom stereocenters. The molecule has 1 saturated heterocycles. The Labute approximate surface area is 202 Å². The Bertz CT molecular complexity index is 924. The number of halogens is 4. The molecule has 0 bridgehead atoms. The van der Waals surface area contributed by atoms with E-state index < -0.39 is 0 Å². The lowest BCUT2D eigenvalue weighted by Gasteiger charge is -2.44. The van der Waals surface area contributed by atoms with Crippen LogP contribution in [0.15, 0.2) is 43.7 Å². The number of rotatable bonds is 5. The Hall–Kier alpha value is -0.960. The van der Waals surface area contributed by atoms with Crippen molar-refractivity contribution in [3.05, 3.63) is 60.7 Å². The van der Waals surface area contributed by atoms with Crippen molar-refractivity contribution >= 4 is 53.7 Å². The smallest absolute Gasteiger partial charge is 0.260 e. The third-order valence-electron chi connectivity index (χ3n) is 5.43. The van der Waals surface area contributed by atoms with Gasteiger partial charge in [0.1, 0.15) is 11.6 Å². The molecule has 0 N–H and O–H groups in total. The molecule has 4 nitrogen and oxygen atoms in total. The fourth-order valence-electron chi connectivity index (χ4n) is 3.60. The normalized spacial score (nSPS) is 19.8. The Morgan fingerprint density at radius 2 is 1.77 bits per heavy atom. The summed E-state index contributed by atoms with van der Waals surface area (Å²) in [5.41, 5.74) is 2.08. The highest BCUT2D eigenvalue weighted by atomic mass is 79.9. The van der Waals surface area contributed by atoms with E-state index in [4.69, 9.17) is 4.74 Å². The van der Waals surface area contributed by atoms with Crippen molar-refractivity contribution in [2.75, 3.05) is 19.7 Å². The average Bonchev–Trinajstić information content (AvgIpc) is 2.70. The molecule has 1 fully saturated rings. The molecule has 0 aromatic heterocycles. The SMILES string of the molecule is Cc1c(Br)cc(Br)c(OCC(=O)N2C[C@@H](C)N(Cc3ccc(F)cc3)C[C@@H]2C)c1Br. The van der Waals surface area contributed by atoms with Gasteiger partial charge in [0, 0.05) is 36.2 Å². The molecule has 2 aromatic carbocycles. The summed E-state index contributed by atoms with van der Waals surface area (Å²) in [6, 6.07) is 8.78. The van der Waals surface area contributed by atoms with Crippen molar-refractivity contribution in [2.45, 2.75) is 39.4 Å². The van der Waals surface area contributed by atoms with Crippen molar-refractivity contribution in [1.29, 1.82) is 0 Å². The van der Waals surface area contributed by atoms with Gasteiger partial charge >= 0.3 is 0 Å². The molecular weight excluding hydrogens is 583 g/mol. The minimum absolute atomic E-state index is 0.0205. The molecule has 1 heterocycles. The number of carbonyl (C=O) groups excluding carboxylic acids is 1. The molecular formula is C22H24Br3FN2O2. The van der Waals surface area contributed by atoms with Crippen LogP contribution in [-0.4, -0.2) is 47.5 Å². The van der Waals surface area contributed by atoms with Gasteiger partial charge in [-0.15, -0.1) is 0 Å². The number of hydrogen-bond acceptors (Lipinski definition) is 3. The van der Waals surface area contributed by atoms with Crippen LogP contribution in [0.4, 0.5) is 4.39 Å². The first kappa shape index (κ1) is 23.7. The molecule has 0 aliphatic carbocycles. The quantitative estimate of drug-likeness (QED) is 0.424. The highest BCUT2D eigenvalue weighted by Crippen LogP contribution is 2.39. The van der Waals surface area contributed by atoms with Gasteiger partial charge in [0.15, 0.2) is 6.61 Å². The Morgan fingerprint density at radius 1 is 1.10 bits per heavy atom. The van der Waals surface area contributed by atoms with Gasteiger partial charge in [0.25, 0.3) is 5.91 Å². The average molecular weight is 607 g/mol. The van der Waals surface area contributed by atoms with E-state index in [1.54, 1.807) is 0 Å². The summed E-state index contributed by atoms with van der Waals surface area (Å²) in [5.74, 6) is 0.365. The molecule has 3 rings (SSSR count). The number of carbonyl (C=O) groups is 1. The van der Waals surface area contributed by atoms with E-state index in [1.165, 1.54) is 12.1 Å². The monoisotopic (exact) mass is 604 g/mol. The number of hydrogen-bond donors (Lipinski definition) is 0. The summed E-state index contributed by atoms with van der Waals surface area (Å²) in [6.07, 6.45) is 0. The van der Waals surface area contributed by atoms with Crippen LogP contribution in [0.25, 0.3) is 0 Å². The van der Waals surface area contributed by atoms with Crippen molar-refractivity contribution in [2.24, 2.45) is 0 Å². The van der Waals surface area contributed by atoms with E-state index in [2.05, 4.69) is 66.5 Å². The van der Waals surface area contributed by atoms with Crippen LogP contribution >= 0.6 is 47.8 Å². The Balaban J connectivity index is 1.61. The molecule has 162 valence electrons. The second kappa shape index (κ2) is 10.1. The fourth-order valence-corrected chi connectivity index (χ4v) is 5.95. The molecule has 2 aromatic rings. The lowest BCUT2D eigenvalue weighted by atomic mass is 10.1. The van der Waals surface area contributed by atoms with Crippen LogP contribution in [0.2, 0.25) is 0 Å². The van der Waals surface area contributed by atoms with E-state index in [0.717, 1.165) is 37.6 Å². The molecule has 0 spiro atoms. The lowest BCUT2D eigenvalue weighted by Crippen LogP contribution is -2.58. The zero-order valence-electron chi connectivity index (χ0n) is 17.1.